The Balaban J connectivity index is 2.91. The van der Waals surface area contributed by atoms with E-state index in [0.717, 1.165) is 0 Å². The van der Waals surface area contributed by atoms with Crippen molar-refractivity contribution in [3.8, 4) is 6.07 Å². The van der Waals surface area contributed by atoms with E-state index in [2.05, 4.69) is 21.2 Å². The van der Waals surface area contributed by atoms with E-state index in [1.54, 1.807) is 32.0 Å². The van der Waals surface area contributed by atoms with Crippen molar-refractivity contribution >= 4 is 27.5 Å². The van der Waals surface area contributed by atoms with Gasteiger partial charge in [0.15, 0.2) is 0 Å². The second-order valence-corrected chi connectivity index (χ2v) is 5.20. The van der Waals surface area contributed by atoms with Gasteiger partial charge in [-0.1, -0.05) is 0 Å². The quantitative estimate of drug-likeness (QED) is 0.897. The summed E-state index contributed by atoms with van der Waals surface area (Å²) in [6, 6.07) is 7.02. The molecule has 0 bridgehead atoms. The Morgan fingerprint density at radius 2 is 2.24 bits per heavy atom. The van der Waals surface area contributed by atoms with Crippen LogP contribution in [-0.2, 0) is 4.79 Å². The highest BCUT2D eigenvalue weighted by Crippen LogP contribution is 2.25. The number of rotatable bonds is 3. The Bertz CT molecular complexity index is 477. The SMILES string of the molecule is CC(C)(CN)C(=O)Nc1ccc(C#N)cc1Br. The zero-order chi connectivity index (χ0) is 13.1. The number of nitrogens with zero attached hydrogens (tertiary/aromatic N) is 1. The van der Waals surface area contributed by atoms with Crippen LogP contribution in [0.15, 0.2) is 22.7 Å². The molecule has 5 heteroatoms. The number of nitriles is 1. The first kappa shape index (κ1) is 13.7. The van der Waals surface area contributed by atoms with Crippen molar-refractivity contribution in [1.29, 1.82) is 5.26 Å². The van der Waals surface area contributed by atoms with Crippen LogP contribution in [0.3, 0.4) is 0 Å². The number of nitrogens with two attached hydrogens (primary N) is 1. The Hall–Kier alpha value is -1.38. The zero-order valence-corrected chi connectivity index (χ0v) is 11.3. The molecule has 1 amide bonds. The van der Waals surface area contributed by atoms with E-state index < -0.39 is 5.41 Å². The summed E-state index contributed by atoms with van der Waals surface area (Å²) >= 11 is 3.31. The van der Waals surface area contributed by atoms with Crippen molar-refractivity contribution in [2.75, 3.05) is 11.9 Å². The molecule has 0 spiro atoms. The molecule has 17 heavy (non-hydrogen) atoms. The van der Waals surface area contributed by atoms with Crippen LogP contribution < -0.4 is 11.1 Å². The van der Waals surface area contributed by atoms with Crippen LogP contribution in [0.1, 0.15) is 19.4 Å². The fourth-order valence-electron chi connectivity index (χ4n) is 1.07. The molecule has 0 heterocycles. The molecule has 0 aromatic heterocycles. The van der Waals surface area contributed by atoms with Crippen LogP contribution in [0.2, 0.25) is 0 Å². The lowest BCUT2D eigenvalue weighted by atomic mass is 9.92. The number of anilines is 1. The number of hydrogen-bond acceptors (Lipinski definition) is 3. The van der Waals surface area contributed by atoms with Crippen molar-refractivity contribution in [3.05, 3.63) is 28.2 Å². The average Bonchev–Trinajstić information content (AvgIpc) is 2.31. The van der Waals surface area contributed by atoms with E-state index in [4.69, 9.17) is 11.0 Å². The summed E-state index contributed by atoms with van der Waals surface area (Å²) < 4.78 is 0.678. The van der Waals surface area contributed by atoms with Gasteiger partial charge in [0.05, 0.1) is 22.7 Å². The average molecular weight is 296 g/mol. The predicted molar refractivity (Wildman–Crippen MR) is 70.3 cm³/mol. The minimum absolute atomic E-state index is 0.148. The highest BCUT2D eigenvalue weighted by atomic mass is 79.9. The van der Waals surface area contributed by atoms with Crippen molar-refractivity contribution in [1.82, 2.24) is 0 Å². The first-order valence-corrected chi connectivity index (χ1v) is 5.91. The van der Waals surface area contributed by atoms with Crippen molar-refractivity contribution in [2.24, 2.45) is 11.1 Å². The largest absolute Gasteiger partial charge is 0.329 e. The maximum Gasteiger partial charge on any atom is 0.231 e. The number of carbonyl (C=O) groups is 1. The highest BCUT2D eigenvalue weighted by Gasteiger charge is 2.26. The predicted octanol–water partition coefficient (Wildman–Crippen LogP) is 2.24. The van der Waals surface area contributed by atoms with Crippen LogP contribution in [0.5, 0.6) is 0 Å². The molecule has 0 saturated heterocycles. The van der Waals surface area contributed by atoms with E-state index in [1.165, 1.54) is 0 Å². The van der Waals surface area contributed by atoms with Crippen LogP contribution in [0.25, 0.3) is 0 Å². The van der Waals surface area contributed by atoms with Gasteiger partial charge in [-0.2, -0.15) is 5.26 Å². The molecule has 0 aliphatic heterocycles. The van der Waals surface area contributed by atoms with Gasteiger partial charge in [0.25, 0.3) is 0 Å². The van der Waals surface area contributed by atoms with Gasteiger partial charge in [-0.05, 0) is 48.0 Å². The van der Waals surface area contributed by atoms with Crippen LogP contribution in [0.4, 0.5) is 5.69 Å². The lowest BCUT2D eigenvalue weighted by Gasteiger charge is -2.21. The van der Waals surface area contributed by atoms with Gasteiger partial charge in [0.2, 0.25) is 5.91 Å². The summed E-state index contributed by atoms with van der Waals surface area (Å²) in [6.45, 7) is 3.83. The third kappa shape index (κ3) is 3.29. The second kappa shape index (κ2) is 5.30. The van der Waals surface area contributed by atoms with E-state index >= 15 is 0 Å². The minimum Gasteiger partial charge on any atom is -0.329 e. The Morgan fingerprint density at radius 1 is 1.59 bits per heavy atom. The summed E-state index contributed by atoms with van der Waals surface area (Å²) in [5.74, 6) is -0.148. The standard InChI is InChI=1S/C12H14BrN3O/c1-12(2,7-15)11(17)16-10-4-3-8(6-14)5-9(10)13/h3-5H,7,15H2,1-2H3,(H,16,17). The Kier molecular flexibility index (Phi) is 4.27. The molecule has 0 radical (unpaired) electrons. The fraction of sp³-hybridized carbons (Fsp3) is 0.333. The number of nitrogens with one attached hydrogen (secondary N) is 1. The Morgan fingerprint density at radius 3 is 2.71 bits per heavy atom. The van der Waals surface area contributed by atoms with Gasteiger partial charge in [0.1, 0.15) is 0 Å². The lowest BCUT2D eigenvalue weighted by molar-refractivity contribution is -0.123. The van der Waals surface area contributed by atoms with Gasteiger partial charge in [-0.3, -0.25) is 4.79 Å². The maximum absolute atomic E-state index is 11.9. The van der Waals surface area contributed by atoms with Gasteiger partial charge in [0, 0.05) is 11.0 Å². The summed E-state index contributed by atoms with van der Waals surface area (Å²) in [5, 5.41) is 11.5. The summed E-state index contributed by atoms with van der Waals surface area (Å²) in [6.07, 6.45) is 0. The molecule has 0 aliphatic carbocycles. The summed E-state index contributed by atoms with van der Waals surface area (Å²) in [7, 11) is 0. The molecule has 0 saturated carbocycles. The topological polar surface area (TPSA) is 78.9 Å². The molecule has 0 aliphatic rings. The molecule has 1 aromatic carbocycles. The van der Waals surface area contributed by atoms with Gasteiger partial charge >= 0.3 is 0 Å². The molecule has 90 valence electrons. The third-order valence-corrected chi connectivity index (χ3v) is 3.13. The van der Waals surface area contributed by atoms with Crippen LogP contribution in [0, 0.1) is 16.7 Å². The molecule has 4 nitrogen and oxygen atoms in total. The number of benzene rings is 1. The van der Waals surface area contributed by atoms with Crippen molar-refractivity contribution in [2.45, 2.75) is 13.8 Å². The molecule has 1 rings (SSSR count). The zero-order valence-electron chi connectivity index (χ0n) is 9.75. The van der Waals surface area contributed by atoms with Gasteiger partial charge in [-0.25, -0.2) is 0 Å². The number of carbonyl (C=O) groups excluding carboxylic acids is 1. The lowest BCUT2D eigenvalue weighted by Crippen LogP contribution is -2.37. The van der Waals surface area contributed by atoms with Crippen LogP contribution in [-0.4, -0.2) is 12.5 Å². The molecule has 3 N–H and O–H groups in total. The van der Waals surface area contributed by atoms with Crippen LogP contribution >= 0.6 is 15.9 Å². The first-order valence-electron chi connectivity index (χ1n) is 5.12. The molecular weight excluding hydrogens is 282 g/mol. The number of amides is 1. The first-order chi connectivity index (χ1) is 7.90. The number of hydrogen-bond donors (Lipinski definition) is 2. The fourth-order valence-corrected chi connectivity index (χ4v) is 1.55. The van der Waals surface area contributed by atoms with E-state index in [1.807, 2.05) is 6.07 Å². The monoisotopic (exact) mass is 295 g/mol. The smallest absolute Gasteiger partial charge is 0.231 e. The van der Waals surface area contributed by atoms with E-state index in [0.29, 0.717) is 15.7 Å². The molecule has 1 aromatic rings. The molecule has 0 atom stereocenters. The third-order valence-electron chi connectivity index (χ3n) is 2.47. The minimum atomic E-state index is -0.618. The summed E-state index contributed by atoms with van der Waals surface area (Å²) in [4.78, 5) is 11.9. The Labute approximate surface area is 109 Å². The molecule has 0 unspecified atom stereocenters. The maximum atomic E-state index is 11.9. The number of halogens is 1. The molecular formula is C12H14BrN3O. The second-order valence-electron chi connectivity index (χ2n) is 4.35. The highest BCUT2D eigenvalue weighted by molar-refractivity contribution is 9.10. The van der Waals surface area contributed by atoms with Gasteiger partial charge in [-0.15, -0.1) is 0 Å². The van der Waals surface area contributed by atoms with E-state index in [9.17, 15) is 4.79 Å². The van der Waals surface area contributed by atoms with Crippen molar-refractivity contribution in [3.63, 3.8) is 0 Å². The normalized spacial score (nSPS) is 10.8. The van der Waals surface area contributed by atoms with Crippen molar-refractivity contribution < 1.29 is 4.79 Å². The van der Waals surface area contributed by atoms with E-state index in [-0.39, 0.29) is 12.5 Å². The summed E-state index contributed by atoms with van der Waals surface area (Å²) in [5.41, 5.74) is 6.08. The molecule has 0 fully saturated rings. The van der Waals surface area contributed by atoms with Gasteiger partial charge < -0.3 is 11.1 Å².